The third-order valence-corrected chi connectivity index (χ3v) is 4.83. The summed E-state index contributed by atoms with van der Waals surface area (Å²) in [6.07, 6.45) is 6.62. The van der Waals surface area contributed by atoms with Gasteiger partial charge in [0, 0.05) is 30.8 Å². The highest BCUT2D eigenvalue weighted by Crippen LogP contribution is 2.28. The second kappa shape index (κ2) is 5.90. The standard InChI is InChI=1S/C12H20O2S/c13-12-3-1-2-10(12)6-9-15-11-4-7-14-8-5-11/h10-11H,1-9H2. The molecular formula is C12H20O2S. The molecule has 1 aliphatic carbocycles. The highest BCUT2D eigenvalue weighted by molar-refractivity contribution is 7.99. The van der Waals surface area contributed by atoms with Crippen molar-refractivity contribution < 1.29 is 9.53 Å². The van der Waals surface area contributed by atoms with Crippen molar-refractivity contribution in [2.75, 3.05) is 19.0 Å². The summed E-state index contributed by atoms with van der Waals surface area (Å²) < 4.78 is 5.33. The van der Waals surface area contributed by atoms with Gasteiger partial charge in [-0.05, 0) is 37.9 Å². The Hall–Kier alpha value is -0.0200. The number of carbonyl (C=O) groups excluding carboxylic acids is 1. The highest BCUT2D eigenvalue weighted by atomic mass is 32.2. The van der Waals surface area contributed by atoms with Crippen LogP contribution < -0.4 is 0 Å². The Labute approximate surface area is 96.1 Å². The Balaban J connectivity index is 1.59. The fourth-order valence-corrected chi connectivity index (χ4v) is 3.69. The average molecular weight is 228 g/mol. The molecule has 1 unspecified atom stereocenters. The van der Waals surface area contributed by atoms with E-state index in [4.69, 9.17) is 4.74 Å². The molecule has 2 nitrogen and oxygen atoms in total. The molecule has 1 heterocycles. The van der Waals surface area contributed by atoms with Gasteiger partial charge in [0.25, 0.3) is 0 Å². The topological polar surface area (TPSA) is 26.3 Å². The molecule has 0 amide bonds. The number of carbonyl (C=O) groups is 1. The molecule has 1 aliphatic heterocycles. The summed E-state index contributed by atoms with van der Waals surface area (Å²) in [4.78, 5) is 11.4. The summed E-state index contributed by atoms with van der Waals surface area (Å²) in [5.74, 6) is 2.08. The molecule has 0 radical (unpaired) electrons. The SMILES string of the molecule is O=C1CCCC1CCSC1CCOCC1. The van der Waals surface area contributed by atoms with E-state index < -0.39 is 0 Å². The van der Waals surface area contributed by atoms with Gasteiger partial charge < -0.3 is 4.74 Å². The number of thioether (sulfide) groups is 1. The van der Waals surface area contributed by atoms with Crippen LogP contribution in [0.3, 0.4) is 0 Å². The Morgan fingerprint density at radius 2 is 2.07 bits per heavy atom. The molecule has 2 rings (SSSR count). The van der Waals surface area contributed by atoms with Crippen LogP contribution in [0.2, 0.25) is 0 Å². The highest BCUT2D eigenvalue weighted by Gasteiger charge is 2.24. The molecule has 0 aromatic rings. The Morgan fingerprint density at radius 3 is 2.73 bits per heavy atom. The van der Waals surface area contributed by atoms with Crippen LogP contribution in [0.5, 0.6) is 0 Å². The smallest absolute Gasteiger partial charge is 0.136 e. The lowest BCUT2D eigenvalue weighted by Crippen LogP contribution is -2.18. The first-order chi connectivity index (χ1) is 7.36. The predicted octanol–water partition coefficient (Wildman–Crippen LogP) is 2.66. The van der Waals surface area contributed by atoms with Crippen molar-refractivity contribution in [3.05, 3.63) is 0 Å². The quantitative estimate of drug-likeness (QED) is 0.740. The maximum atomic E-state index is 11.4. The largest absolute Gasteiger partial charge is 0.381 e. The van der Waals surface area contributed by atoms with Crippen molar-refractivity contribution in [2.45, 2.75) is 43.8 Å². The fourth-order valence-electron chi connectivity index (χ4n) is 2.41. The lowest BCUT2D eigenvalue weighted by atomic mass is 10.1. The van der Waals surface area contributed by atoms with Gasteiger partial charge in [-0.2, -0.15) is 11.8 Å². The zero-order valence-electron chi connectivity index (χ0n) is 9.24. The van der Waals surface area contributed by atoms with E-state index in [0.29, 0.717) is 11.7 Å². The maximum Gasteiger partial charge on any atom is 0.136 e. The van der Waals surface area contributed by atoms with Crippen LogP contribution in [0.25, 0.3) is 0 Å². The third kappa shape index (κ3) is 3.49. The second-order valence-electron chi connectivity index (χ2n) is 4.53. The van der Waals surface area contributed by atoms with Gasteiger partial charge in [0.15, 0.2) is 0 Å². The van der Waals surface area contributed by atoms with Crippen LogP contribution in [0.1, 0.15) is 38.5 Å². The zero-order chi connectivity index (χ0) is 10.5. The van der Waals surface area contributed by atoms with Crippen LogP contribution in [0.15, 0.2) is 0 Å². The van der Waals surface area contributed by atoms with E-state index in [0.717, 1.165) is 44.1 Å². The molecular weight excluding hydrogens is 208 g/mol. The first kappa shape index (κ1) is 11.5. The van der Waals surface area contributed by atoms with Gasteiger partial charge >= 0.3 is 0 Å². The molecule has 0 spiro atoms. The normalized spacial score (nSPS) is 28.5. The van der Waals surface area contributed by atoms with E-state index in [1.165, 1.54) is 18.6 Å². The van der Waals surface area contributed by atoms with Crippen LogP contribution in [-0.2, 0) is 9.53 Å². The van der Waals surface area contributed by atoms with Gasteiger partial charge in [0.05, 0.1) is 0 Å². The minimum Gasteiger partial charge on any atom is -0.381 e. The molecule has 0 bridgehead atoms. The molecule has 2 fully saturated rings. The molecule has 0 aromatic carbocycles. The fraction of sp³-hybridized carbons (Fsp3) is 0.917. The molecule has 0 N–H and O–H groups in total. The zero-order valence-corrected chi connectivity index (χ0v) is 10.1. The first-order valence-corrected chi connectivity index (χ1v) is 7.13. The van der Waals surface area contributed by atoms with Crippen molar-refractivity contribution in [3.63, 3.8) is 0 Å². The van der Waals surface area contributed by atoms with Gasteiger partial charge in [-0.25, -0.2) is 0 Å². The Bertz CT molecular complexity index is 212. The monoisotopic (exact) mass is 228 g/mol. The molecule has 1 saturated heterocycles. The van der Waals surface area contributed by atoms with Crippen molar-refractivity contribution in [1.29, 1.82) is 0 Å². The summed E-state index contributed by atoms with van der Waals surface area (Å²) in [5.41, 5.74) is 0. The summed E-state index contributed by atoms with van der Waals surface area (Å²) in [5, 5.41) is 0.787. The number of Topliss-reactive ketones (excluding diaryl/α,β-unsaturated/α-hetero) is 1. The van der Waals surface area contributed by atoms with Crippen molar-refractivity contribution in [2.24, 2.45) is 5.92 Å². The lowest BCUT2D eigenvalue weighted by Gasteiger charge is -2.21. The van der Waals surface area contributed by atoms with Gasteiger partial charge in [0.1, 0.15) is 5.78 Å². The van der Waals surface area contributed by atoms with Crippen molar-refractivity contribution in [1.82, 2.24) is 0 Å². The van der Waals surface area contributed by atoms with Crippen LogP contribution in [-0.4, -0.2) is 30.0 Å². The Kier molecular flexibility index (Phi) is 4.51. The number of rotatable bonds is 4. The van der Waals surface area contributed by atoms with Crippen LogP contribution in [0.4, 0.5) is 0 Å². The van der Waals surface area contributed by atoms with Crippen molar-refractivity contribution >= 4 is 17.5 Å². The van der Waals surface area contributed by atoms with E-state index in [2.05, 4.69) is 11.8 Å². The minimum atomic E-state index is 0.400. The number of hydrogen-bond donors (Lipinski definition) is 0. The predicted molar refractivity (Wildman–Crippen MR) is 63.3 cm³/mol. The first-order valence-electron chi connectivity index (χ1n) is 6.08. The molecule has 86 valence electrons. The van der Waals surface area contributed by atoms with Crippen LogP contribution >= 0.6 is 11.8 Å². The van der Waals surface area contributed by atoms with Gasteiger partial charge in [-0.15, -0.1) is 0 Å². The number of ether oxygens (including phenoxy) is 1. The summed E-state index contributed by atoms with van der Waals surface area (Å²) in [7, 11) is 0. The minimum absolute atomic E-state index is 0.400. The number of ketones is 1. The van der Waals surface area contributed by atoms with E-state index in [9.17, 15) is 4.79 Å². The van der Waals surface area contributed by atoms with E-state index >= 15 is 0 Å². The number of hydrogen-bond acceptors (Lipinski definition) is 3. The molecule has 0 aromatic heterocycles. The Morgan fingerprint density at radius 1 is 1.27 bits per heavy atom. The van der Waals surface area contributed by atoms with Gasteiger partial charge in [-0.3, -0.25) is 4.79 Å². The third-order valence-electron chi connectivity index (χ3n) is 3.42. The molecule has 1 saturated carbocycles. The van der Waals surface area contributed by atoms with E-state index in [1.807, 2.05) is 0 Å². The molecule has 15 heavy (non-hydrogen) atoms. The molecule has 3 heteroatoms. The summed E-state index contributed by atoms with van der Waals surface area (Å²) in [6.45, 7) is 1.86. The summed E-state index contributed by atoms with van der Waals surface area (Å²) >= 11 is 2.05. The lowest BCUT2D eigenvalue weighted by molar-refractivity contribution is -0.120. The molecule has 2 aliphatic rings. The second-order valence-corrected chi connectivity index (χ2v) is 5.93. The van der Waals surface area contributed by atoms with Crippen molar-refractivity contribution in [3.8, 4) is 0 Å². The average Bonchev–Trinajstić information content (AvgIpc) is 2.66. The van der Waals surface area contributed by atoms with Gasteiger partial charge in [-0.1, -0.05) is 0 Å². The molecule has 1 atom stereocenters. The maximum absolute atomic E-state index is 11.4. The summed E-state index contributed by atoms with van der Waals surface area (Å²) in [6, 6.07) is 0. The van der Waals surface area contributed by atoms with E-state index in [-0.39, 0.29) is 0 Å². The van der Waals surface area contributed by atoms with Crippen LogP contribution in [0, 0.1) is 5.92 Å². The van der Waals surface area contributed by atoms with Gasteiger partial charge in [0.2, 0.25) is 0 Å². The van der Waals surface area contributed by atoms with E-state index in [1.54, 1.807) is 0 Å².